The smallest absolute Gasteiger partial charge is 0.161 e. The van der Waals surface area contributed by atoms with Crippen molar-refractivity contribution >= 4 is 24.0 Å². The largest absolute Gasteiger partial charge is 0.490 e. The summed E-state index contributed by atoms with van der Waals surface area (Å²) in [5.74, 6) is 2.25. The molecule has 2 aromatic rings. The van der Waals surface area contributed by atoms with Gasteiger partial charge in [-0.3, -0.25) is 0 Å². The Hall–Kier alpha value is -1.20. The normalized spacial score (nSPS) is 10.5. The molecule has 3 nitrogen and oxygen atoms in total. The van der Waals surface area contributed by atoms with Gasteiger partial charge in [0, 0.05) is 10.6 Å². The molecule has 0 N–H and O–H groups in total. The van der Waals surface area contributed by atoms with E-state index in [1.165, 1.54) is 4.88 Å². The van der Waals surface area contributed by atoms with Crippen LogP contribution in [0.5, 0.6) is 11.5 Å². The van der Waals surface area contributed by atoms with Crippen LogP contribution in [0.1, 0.15) is 22.5 Å². The number of benzene rings is 1. The van der Waals surface area contributed by atoms with Crippen LogP contribution < -0.4 is 9.47 Å². The van der Waals surface area contributed by atoms with Gasteiger partial charge in [-0.05, 0) is 26.0 Å². The highest BCUT2D eigenvalue weighted by atomic mass is 32.1. The molecule has 0 aliphatic carbocycles. The average Bonchev–Trinajstić information content (AvgIpc) is 2.78. The zero-order valence-corrected chi connectivity index (χ0v) is 12.8. The monoisotopic (exact) mass is 295 g/mol. The van der Waals surface area contributed by atoms with Gasteiger partial charge in [0.05, 0.1) is 12.3 Å². The maximum absolute atomic E-state index is 5.79. The zero-order chi connectivity index (χ0) is 13.7. The van der Waals surface area contributed by atoms with Crippen molar-refractivity contribution in [2.45, 2.75) is 26.2 Å². The minimum Gasteiger partial charge on any atom is -0.490 e. The fraction of sp³-hybridized carbons (Fsp3) is 0.357. The first-order valence-electron chi connectivity index (χ1n) is 6.15. The van der Waals surface area contributed by atoms with Gasteiger partial charge in [-0.1, -0.05) is 12.1 Å². The van der Waals surface area contributed by atoms with Gasteiger partial charge >= 0.3 is 0 Å². The summed E-state index contributed by atoms with van der Waals surface area (Å²) >= 11 is 5.93. The number of para-hydroxylation sites is 2. The van der Waals surface area contributed by atoms with Crippen molar-refractivity contribution < 1.29 is 9.47 Å². The molecule has 1 aromatic heterocycles. The van der Waals surface area contributed by atoms with Crippen molar-refractivity contribution in [3.8, 4) is 11.5 Å². The van der Waals surface area contributed by atoms with Crippen molar-refractivity contribution in [2.24, 2.45) is 0 Å². The summed E-state index contributed by atoms with van der Waals surface area (Å²) in [5.41, 5.74) is 1.04. The van der Waals surface area contributed by atoms with Gasteiger partial charge in [-0.15, -0.1) is 11.3 Å². The molecule has 0 radical (unpaired) electrons. The third-order valence-electron chi connectivity index (χ3n) is 2.58. The summed E-state index contributed by atoms with van der Waals surface area (Å²) in [6.45, 7) is 5.05. The summed E-state index contributed by atoms with van der Waals surface area (Å²) in [4.78, 5) is 5.67. The third kappa shape index (κ3) is 3.64. The molecule has 1 aromatic carbocycles. The highest BCUT2D eigenvalue weighted by Crippen LogP contribution is 2.28. The van der Waals surface area contributed by atoms with Gasteiger partial charge in [-0.25, -0.2) is 4.98 Å². The van der Waals surface area contributed by atoms with E-state index in [-0.39, 0.29) is 0 Å². The van der Waals surface area contributed by atoms with Crippen LogP contribution in [-0.4, -0.2) is 11.6 Å². The number of ether oxygens (including phenoxy) is 2. The zero-order valence-electron chi connectivity index (χ0n) is 11.0. The van der Waals surface area contributed by atoms with E-state index in [0.29, 0.717) is 13.2 Å². The van der Waals surface area contributed by atoms with Crippen molar-refractivity contribution in [3.05, 3.63) is 39.8 Å². The Morgan fingerprint density at radius 2 is 1.89 bits per heavy atom. The van der Waals surface area contributed by atoms with E-state index < -0.39 is 0 Å². The Labute approximate surface area is 123 Å². The third-order valence-corrected chi connectivity index (χ3v) is 4.24. The van der Waals surface area contributed by atoms with Crippen LogP contribution in [0.3, 0.4) is 0 Å². The number of aryl methyl sites for hydroxylation is 1. The number of thiazole rings is 1. The van der Waals surface area contributed by atoms with E-state index in [2.05, 4.69) is 17.6 Å². The molecule has 0 aliphatic rings. The van der Waals surface area contributed by atoms with Crippen LogP contribution in [0.15, 0.2) is 24.3 Å². The highest BCUT2D eigenvalue weighted by molar-refractivity contribution is 7.79. The lowest BCUT2D eigenvalue weighted by molar-refractivity contribution is 0.269. The molecule has 0 aliphatic heterocycles. The van der Waals surface area contributed by atoms with Gasteiger partial charge < -0.3 is 9.47 Å². The SMILES string of the molecule is CCOc1ccccc1OCc1nc(C)c(CS)s1. The van der Waals surface area contributed by atoms with E-state index in [1.54, 1.807) is 11.3 Å². The van der Waals surface area contributed by atoms with E-state index in [9.17, 15) is 0 Å². The molecule has 102 valence electrons. The van der Waals surface area contributed by atoms with Crippen LogP contribution in [0, 0.1) is 6.92 Å². The second-order valence-corrected chi connectivity index (χ2v) is 5.43. The molecule has 0 spiro atoms. The first-order valence-corrected chi connectivity index (χ1v) is 7.60. The minimum atomic E-state index is 0.462. The Kier molecular flexibility index (Phi) is 5.10. The number of hydrogen-bond donors (Lipinski definition) is 1. The van der Waals surface area contributed by atoms with Gasteiger partial charge in [0.1, 0.15) is 11.6 Å². The molecule has 5 heteroatoms. The molecule has 1 heterocycles. The summed E-state index contributed by atoms with van der Waals surface area (Å²) in [5, 5.41) is 0.966. The van der Waals surface area contributed by atoms with E-state index in [4.69, 9.17) is 9.47 Å². The maximum Gasteiger partial charge on any atom is 0.161 e. The fourth-order valence-corrected chi connectivity index (χ4v) is 2.95. The summed E-state index contributed by atoms with van der Waals surface area (Å²) in [6, 6.07) is 7.69. The van der Waals surface area contributed by atoms with Crippen LogP contribution in [0.4, 0.5) is 0 Å². The molecule has 0 amide bonds. The van der Waals surface area contributed by atoms with E-state index in [1.807, 2.05) is 38.1 Å². The van der Waals surface area contributed by atoms with Crippen LogP contribution in [0.2, 0.25) is 0 Å². The number of rotatable bonds is 6. The molecule has 2 rings (SSSR count). The molecule has 0 bridgehead atoms. The number of nitrogens with zero attached hydrogens (tertiary/aromatic N) is 1. The van der Waals surface area contributed by atoms with Crippen LogP contribution in [0.25, 0.3) is 0 Å². The van der Waals surface area contributed by atoms with Crippen molar-refractivity contribution in [3.63, 3.8) is 0 Å². The molecule has 0 saturated carbocycles. The topological polar surface area (TPSA) is 31.4 Å². The Balaban J connectivity index is 2.05. The minimum absolute atomic E-state index is 0.462. The maximum atomic E-state index is 5.79. The quantitative estimate of drug-likeness (QED) is 0.821. The molecule has 0 unspecified atom stereocenters. The molecular formula is C14H17NO2S2. The van der Waals surface area contributed by atoms with Gasteiger partial charge in [-0.2, -0.15) is 12.6 Å². The predicted octanol–water partition coefficient (Wildman–Crippen LogP) is 3.86. The molecule has 19 heavy (non-hydrogen) atoms. The van der Waals surface area contributed by atoms with E-state index >= 15 is 0 Å². The lowest BCUT2D eigenvalue weighted by atomic mass is 10.3. The fourth-order valence-electron chi connectivity index (χ4n) is 1.68. The van der Waals surface area contributed by atoms with Crippen LogP contribution in [-0.2, 0) is 12.4 Å². The molecule has 0 saturated heterocycles. The molecule has 0 atom stereocenters. The van der Waals surface area contributed by atoms with Crippen molar-refractivity contribution in [2.75, 3.05) is 6.61 Å². The lowest BCUT2D eigenvalue weighted by Crippen LogP contribution is -1.99. The second kappa shape index (κ2) is 6.82. The van der Waals surface area contributed by atoms with Crippen LogP contribution >= 0.6 is 24.0 Å². The van der Waals surface area contributed by atoms with Crippen molar-refractivity contribution in [1.29, 1.82) is 0 Å². The molecular weight excluding hydrogens is 278 g/mol. The predicted molar refractivity (Wildman–Crippen MR) is 81.5 cm³/mol. The van der Waals surface area contributed by atoms with Gasteiger partial charge in [0.15, 0.2) is 11.5 Å². The lowest BCUT2D eigenvalue weighted by Gasteiger charge is -2.10. The van der Waals surface area contributed by atoms with Crippen molar-refractivity contribution in [1.82, 2.24) is 4.98 Å². The number of aromatic nitrogens is 1. The summed E-state index contributed by atoms with van der Waals surface area (Å²) in [7, 11) is 0. The molecule has 0 fully saturated rings. The summed E-state index contributed by atoms with van der Waals surface area (Å²) in [6.07, 6.45) is 0. The van der Waals surface area contributed by atoms with E-state index in [0.717, 1.165) is 28.0 Å². The Morgan fingerprint density at radius 3 is 2.47 bits per heavy atom. The van der Waals surface area contributed by atoms with Gasteiger partial charge in [0.25, 0.3) is 0 Å². The standard InChI is InChI=1S/C14H17NO2S2/c1-3-16-11-6-4-5-7-12(11)17-8-14-15-10(2)13(9-18)19-14/h4-7,18H,3,8-9H2,1-2H3. The van der Waals surface area contributed by atoms with Gasteiger partial charge in [0.2, 0.25) is 0 Å². The highest BCUT2D eigenvalue weighted by Gasteiger charge is 2.08. The number of thiol groups is 1. The first kappa shape index (κ1) is 14.2. The Morgan fingerprint density at radius 1 is 1.21 bits per heavy atom. The number of hydrogen-bond acceptors (Lipinski definition) is 5. The second-order valence-electron chi connectivity index (χ2n) is 3.94. The Bertz CT molecular complexity index is 540. The average molecular weight is 295 g/mol. The first-order chi connectivity index (χ1) is 9.24. The summed E-state index contributed by atoms with van der Waals surface area (Å²) < 4.78 is 11.3.